The number of halogens is 1. The van der Waals surface area contributed by atoms with E-state index >= 15 is 0 Å². The average Bonchev–Trinajstić information content (AvgIpc) is 2.17. The number of aromatic nitrogens is 2. The molecule has 0 aliphatic heterocycles. The Morgan fingerprint density at radius 2 is 2.18 bits per heavy atom. The molecule has 1 heterocycles. The van der Waals surface area contributed by atoms with Crippen molar-refractivity contribution in [1.82, 2.24) is 9.97 Å². The topological polar surface area (TPSA) is 28.7 Å². The number of hydrogen-bond donors (Lipinski definition) is 1. The molecule has 0 amide bonds. The Bertz CT molecular complexity index is 184. The minimum Gasteiger partial charge on any atom is -0.346 e. The van der Waals surface area contributed by atoms with Gasteiger partial charge in [-0.3, -0.25) is 0 Å². The number of alkyl halides is 1. The number of nitrogens with zero attached hydrogens (tertiary/aromatic N) is 1. The first kappa shape index (κ1) is 13.3. The standard InChI is InChI=1S/C6H9BrN2.2CH4/c1-5-8-4-6(9-5)2-3-7;;/h4H,2-3H2,1H3,(H,8,9);2*1H4. The summed E-state index contributed by atoms with van der Waals surface area (Å²) in [6, 6.07) is 0. The van der Waals surface area contributed by atoms with Gasteiger partial charge in [-0.15, -0.1) is 0 Å². The molecule has 11 heavy (non-hydrogen) atoms. The first-order valence-electron chi connectivity index (χ1n) is 2.89. The fourth-order valence-electron chi connectivity index (χ4n) is 0.701. The summed E-state index contributed by atoms with van der Waals surface area (Å²) in [6.45, 7) is 1.96. The molecule has 0 radical (unpaired) electrons. The van der Waals surface area contributed by atoms with Crippen LogP contribution in [-0.4, -0.2) is 15.3 Å². The monoisotopic (exact) mass is 220 g/mol. The van der Waals surface area contributed by atoms with Crippen LogP contribution in [0.1, 0.15) is 26.4 Å². The van der Waals surface area contributed by atoms with Gasteiger partial charge in [-0.25, -0.2) is 4.98 Å². The Kier molecular flexibility index (Phi) is 7.74. The molecule has 1 N–H and O–H groups in total. The van der Waals surface area contributed by atoms with Gasteiger partial charge in [-0.1, -0.05) is 30.8 Å². The highest BCUT2D eigenvalue weighted by atomic mass is 79.9. The summed E-state index contributed by atoms with van der Waals surface area (Å²) in [4.78, 5) is 7.19. The summed E-state index contributed by atoms with van der Waals surface area (Å²) in [5.74, 6) is 0.992. The molecule has 3 heteroatoms. The predicted molar refractivity (Wildman–Crippen MR) is 54.3 cm³/mol. The second-order valence-electron chi connectivity index (χ2n) is 1.93. The van der Waals surface area contributed by atoms with E-state index in [0.29, 0.717) is 0 Å². The molecule has 0 unspecified atom stereocenters. The number of nitrogens with one attached hydrogen (secondary N) is 1. The molecule has 0 atom stereocenters. The van der Waals surface area contributed by atoms with Crippen LogP contribution in [0.5, 0.6) is 0 Å². The van der Waals surface area contributed by atoms with Crippen LogP contribution in [0.3, 0.4) is 0 Å². The fraction of sp³-hybridized carbons (Fsp3) is 0.625. The van der Waals surface area contributed by atoms with Gasteiger partial charge in [0, 0.05) is 17.2 Å². The van der Waals surface area contributed by atoms with Gasteiger partial charge in [-0.2, -0.15) is 0 Å². The van der Waals surface area contributed by atoms with Crippen LogP contribution in [0.15, 0.2) is 6.20 Å². The Balaban J connectivity index is 0. The number of aryl methyl sites for hydroxylation is 2. The van der Waals surface area contributed by atoms with Gasteiger partial charge in [0.05, 0.1) is 0 Å². The van der Waals surface area contributed by atoms with Crippen molar-refractivity contribution in [3.8, 4) is 0 Å². The summed E-state index contributed by atoms with van der Waals surface area (Å²) in [7, 11) is 0. The molecule has 2 nitrogen and oxygen atoms in total. The van der Waals surface area contributed by atoms with Crippen LogP contribution in [0.25, 0.3) is 0 Å². The summed E-state index contributed by atoms with van der Waals surface area (Å²) in [6.07, 6.45) is 2.90. The second kappa shape index (κ2) is 6.40. The van der Waals surface area contributed by atoms with Crippen molar-refractivity contribution in [3.63, 3.8) is 0 Å². The zero-order valence-electron chi connectivity index (χ0n) is 5.32. The van der Waals surface area contributed by atoms with E-state index in [4.69, 9.17) is 0 Å². The van der Waals surface area contributed by atoms with E-state index in [1.165, 1.54) is 5.69 Å². The summed E-state index contributed by atoms with van der Waals surface area (Å²) in [5.41, 5.74) is 1.20. The Morgan fingerprint density at radius 3 is 2.55 bits per heavy atom. The number of hydrogen-bond acceptors (Lipinski definition) is 1. The lowest BCUT2D eigenvalue weighted by molar-refractivity contribution is 1.05. The number of rotatable bonds is 2. The molecule has 0 bridgehead atoms. The van der Waals surface area contributed by atoms with Crippen molar-refractivity contribution in [2.75, 3.05) is 5.33 Å². The van der Waals surface area contributed by atoms with Gasteiger partial charge in [0.1, 0.15) is 5.82 Å². The minimum atomic E-state index is 0. The van der Waals surface area contributed by atoms with Gasteiger partial charge < -0.3 is 4.98 Å². The lowest BCUT2D eigenvalue weighted by atomic mass is 10.4. The maximum atomic E-state index is 4.06. The highest BCUT2D eigenvalue weighted by Gasteiger charge is 1.92. The van der Waals surface area contributed by atoms with Crippen molar-refractivity contribution >= 4 is 15.9 Å². The summed E-state index contributed by atoms with van der Waals surface area (Å²) < 4.78 is 0. The summed E-state index contributed by atoms with van der Waals surface area (Å²) >= 11 is 3.35. The molecule has 66 valence electrons. The van der Waals surface area contributed by atoms with Crippen LogP contribution in [-0.2, 0) is 6.42 Å². The van der Waals surface area contributed by atoms with Crippen molar-refractivity contribution in [2.24, 2.45) is 0 Å². The van der Waals surface area contributed by atoms with Crippen molar-refractivity contribution in [3.05, 3.63) is 17.7 Å². The third kappa shape index (κ3) is 4.19. The Labute approximate surface area is 77.6 Å². The first-order valence-corrected chi connectivity index (χ1v) is 4.01. The van der Waals surface area contributed by atoms with E-state index in [1.54, 1.807) is 0 Å². The lowest BCUT2D eigenvalue weighted by Gasteiger charge is -1.86. The molecule has 0 saturated carbocycles. The van der Waals surface area contributed by atoms with Crippen LogP contribution in [0.4, 0.5) is 0 Å². The van der Waals surface area contributed by atoms with Crippen molar-refractivity contribution < 1.29 is 0 Å². The van der Waals surface area contributed by atoms with Gasteiger partial charge in [0.15, 0.2) is 0 Å². The van der Waals surface area contributed by atoms with Crippen LogP contribution >= 0.6 is 15.9 Å². The Morgan fingerprint density at radius 1 is 1.55 bits per heavy atom. The smallest absolute Gasteiger partial charge is 0.103 e. The van der Waals surface area contributed by atoms with Crippen LogP contribution < -0.4 is 0 Å². The van der Waals surface area contributed by atoms with E-state index in [-0.39, 0.29) is 14.9 Å². The number of aromatic amines is 1. The highest BCUT2D eigenvalue weighted by molar-refractivity contribution is 9.09. The molecule has 0 fully saturated rings. The zero-order valence-corrected chi connectivity index (χ0v) is 6.90. The minimum absolute atomic E-state index is 0. The second-order valence-corrected chi connectivity index (χ2v) is 2.73. The SMILES string of the molecule is C.C.Cc1ncc(CCBr)[nH]1. The van der Waals surface area contributed by atoms with Gasteiger partial charge in [-0.05, 0) is 13.3 Å². The molecule has 0 spiro atoms. The molecule has 0 aliphatic rings. The van der Waals surface area contributed by atoms with Gasteiger partial charge in [0.25, 0.3) is 0 Å². The van der Waals surface area contributed by atoms with E-state index in [2.05, 4.69) is 25.9 Å². The van der Waals surface area contributed by atoms with Crippen molar-refractivity contribution in [1.29, 1.82) is 0 Å². The van der Waals surface area contributed by atoms with E-state index in [9.17, 15) is 0 Å². The average molecular weight is 221 g/mol. The molecule has 1 aromatic heterocycles. The maximum absolute atomic E-state index is 4.06. The normalized spacial score (nSPS) is 8.18. The zero-order chi connectivity index (χ0) is 6.69. The van der Waals surface area contributed by atoms with E-state index in [1.807, 2.05) is 13.1 Å². The quantitative estimate of drug-likeness (QED) is 0.764. The number of imidazole rings is 1. The largest absolute Gasteiger partial charge is 0.346 e. The van der Waals surface area contributed by atoms with E-state index in [0.717, 1.165) is 17.6 Å². The van der Waals surface area contributed by atoms with E-state index < -0.39 is 0 Å². The molecular weight excluding hydrogens is 204 g/mol. The lowest BCUT2D eigenvalue weighted by Crippen LogP contribution is -1.84. The van der Waals surface area contributed by atoms with Crippen LogP contribution in [0.2, 0.25) is 0 Å². The predicted octanol–water partition coefficient (Wildman–Crippen LogP) is 2.93. The first-order chi connectivity index (χ1) is 4.33. The molecule has 0 aliphatic carbocycles. The molecular formula is C8H17BrN2. The third-order valence-electron chi connectivity index (χ3n) is 1.12. The summed E-state index contributed by atoms with van der Waals surface area (Å²) in [5, 5.41) is 0.995. The number of H-pyrrole nitrogens is 1. The molecule has 1 rings (SSSR count). The van der Waals surface area contributed by atoms with Crippen LogP contribution in [0, 0.1) is 6.92 Å². The maximum Gasteiger partial charge on any atom is 0.103 e. The molecule has 1 aromatic rings. The third-order valence-corrected chi connectivity index (χ3v) is 1.52. The Hall–Kier alpha value is -0.310. The van der Waals surface area contributed by atoms with Gasteiger partial charge >= 0.3 is 0 Å². The van der Waals surface area contributed by atoms with Crippen molar-refractivity contribution in [2.45, 2.75) is 28.2 Å². The van der Waals surface area contributed by atoms with Gasteiger partial charge in [0.2, 0.25) is 0 Å². The fourth-order valence-corrected chi connectivity index (χ4v) is 1.13. The highest BCUT2D eigenvalue weighted by Crippen LogP contribution is 1.97. The molecule has 0 saturated heterocycles. The molecule has 0 aromatic carbocycles.